The van der Waals surface area contributed by atoms with Crippen LogP contribution in [0.15, 0.2) is 11.4 Å². The van der Waals surface area contributed by atoms with Crippen molar-refractivity contribution in [1.29, 1.82) is 0 Å². The Morgan fingerprint density at radius 1 is 1.38 bits per heavy atom. The van der Waals surface area contributed by atoms with Gasteiger partial charge < -0.3 is 12.6 Å². The Balaban J connectivity index is 0.000000845. The summed E-state index contributed by atoms with van der Waals surface area (Å²) in [5.41, 5.74) is 1.49. The van der Waals surface area contributed by atoms with Crippen LogP contribution in [0.5, 0.6) is 0 Å². The second kappa shape index (κ2) is 4.91. The predicted molar refractivity (Wildman–Crippen MR) is 44.9 cm³/mol. The van der Waals surface area contributed by atoms with Crippen LogP contribution in [-0.2, 0) is 19.0 Å². The van der Waals surface area contributed by atoms with Crippen LogP contribution in [0.3, 0.4) is 0 Å². The maximum Gasteiger partial charge on any atom is 1.00 e. The van der Waals surface area contributed by atoms with Gasteiger partial charge in [-0.05, 0) is 12.8 Å². The molecule has 0 aromatic carbocycles. The SMILES string of the molecule is O=C1CCCc2nc([S-])ncc21.[K+]. The number of hydrogen-bond donors (Lipinski definition) is 0. The number of rotatable bonds is 0. The molecular weight excluding hydrogens is 211 g/mol. The van der Waals surface area contributed by atoms with Crippen molar-refractivity contribution in [2.45, 2.75) is 24.4 Å². The summed E-state index contributed by atoms with van der Waals surface area (Å²) in [6.07, 6.45) is 3.91. The van der Waals surface area contributed by atoms with Crippen LogP contribution in [-0.4, -0.2) is 15.8 Å². The van der Waals surface area contributed by atoms with Crippen molar-refractivity contribution >= 4 is 18.4 Å². The van der Waals surface area contributed by atoms with E-state index < -0.39 is 0 Å². The van der Waals surface area contributed by atoms with Crippen molar-refractivity contribution in [3.05, 3.63) is 17.5 Å². The molecule has 1 heterocycles. The maximum atomic E-state index is 11.3. The van der Waals surface area contributed by atoms with E-state index in [0.29, 0.717) is 17.1 Å². The first kappa shape index (κ1) is 11.7. The van der Waals surface area contributed by atoms with Crippen LogP contribution in [0.1, 0.15) is 28.9 Å². The van der Waals surface area contributed by atoms with Gasteiger partial charge in [-0.1, -0.05) is 0 Å². The number of carbonyl (C=O) groups is 1. The van der Waals surface area contributed by atoms with E-state index in [1.54, 1.807) is 6.20 Å². The Kier molecular flexibility index (Phi) is 4.41. The molecule has 0 saturated heterocycles. The Labute approximate surface area is 125 Å². The topological polar surface area (TPSA) is 42.9 Å². The van der Waals surface area contributed by atoms with Gasteiger partial charge in [0.2, 0.25) is 0 Å². The van der Waals surface area contributed by atoms with Gasteiger partial charge in [0.15, 0.2) is 5.78 Å². The molecule has 0 N–H and O–H groups in total. The summed E-state index contributed by atoms with van der Waals surface area (Å²) in [4.78, 5) is 19.2. The quantitative estimate of drug-likeness (QED) is 0.284. The number of ketones is 1. The van der Waals surface area contributed by atoms with E-state index in [1.165, 1.54) is 0 Å². The zero-order valence-corrected chi connectivity index (χ0v) is 11.3. The number of fused-ring (bicyclic) bond motifs is 1. The first-order valence-corrected chi connectivity index (χ1v) is 4.24. The molecule has 0 bridgehead atoms. The first-order chi connectivity index (χ1) is 5.77. The molecule has 62 valence electrons. The van der Waals surface area contributed by atoms with Crippen molar-refractivity contribution in [2.24, 2.45) is 0 Å². The normalized spacial score (nSPS) is 14.6. The molecular formula is C8H7KN2OS. The first-order valence-electron chi connectivity index (χ1n) is 3.83. The molecule has 0 saturated carbocycles. The molecule has 1 aliphatic carbocycles. The zero-order valence-electron chi connectivity index (χ0n) is 7.41. The summed E-state index contributed by atoms with van der Waals surface area (Å²) >= 11 is 4.80. The fourth-order valence-electron chi connectivity index (χ4n) is 1.37. The van der Waals surface area contributed by atoms with E-state index >= 15 is 0 Å². The number of nitrogens with zero attached hydrogens (tertiary/aromatic N) is 2. The summed E-state index contributed by atoms with van der Waals surface area (Å²) in [7, 11) is 0. The van der Waals surface area contributed by atoms with E-state index in [9.17, 15) is 4.79 Å². The van der Waals surface area contributed by atoms with E-state index in [4.69, 9.17) is 12.6 Å². The minimum Gasteiger partial charge on any atom is -0.740 e. The number of hydrogen-bond acceptors (Lipinski definition) is 4. The van der Waals surface area contributed by atoms with E-state index in [0.717, 1.165) is 18.5 Å². The van der Waals surface area contributed by atoms with Crippen molar-refractivity contribution in [2.75, 3.05) is 0 Å². The Morgan fingerprint density at radius 2 is 2.15 bits per heavy atom. The van der Waals surface area contributed by atoms with Gasteiger partial charge in [0.25, 0.3) is 0 Å². The van der Waals surface area contributed by atoms with Gasteiger partial charge in [-0.3, -0.25) is 14.8 Å². The number of carbonyl (C=O) groups excluding carboxylic acids is 1. The summed E-state index contributed by atoms with van der Waals surface area (Å²) < 4.78 is 0. The molecule has 0 fully saturated rings. The molecule has 1 aliphatic rings. The Morgan fingerprint density at radius 3 is 2.92 bits per heavy atom. The molecule has 0 radical (unpaired) electrons. The number of aromatic nitrogens is 2. The fraction of sp³-hybridized carbons (Fsp3) is 0.375. The minimum atomic E-state index is 0. The second-order valence-corrected chi connectivity index (χ2v) is 3.15. The standard InChI is InChI=1S/C8H8N2OS.K/c11-7-3-1-2-6-5(7)4-9-8(12)10-6;/h4H,1-3H2,(H,9,10,12);/q;+1/p-1. The molecule has 3 nitrogen and oxygen atoms in total. The van der Waals surface area contributed by atoms with Gasteiger partial charge in [-0.15, -0.1) is 0 Å². The van der Waals surface area contributed by atoms with Crippen molar-refractivity contribution < 1.29 is 56.2 Å². The number of Topliss-reactive ketones (excluding diaryl/α,β-unsaturated/α-hetero) is 1. The summed E-state index contributed by atoms with van der Waals surface area (Å²) in [6, 6.07) is 0. The van der Waals surface area contributed by atoms with E-state index in [1.807, 2.05) is 0 Å². The molecule has 2 rings (SSSR count). The van der Waals surface area contributed by atoms with Crippen molar-refractivity contribution in [1.82, 2.24) is 9.97 Å². The van der Waals surface area contributed by atoms with E-state index in [-0.39, 0.29) is 57.2 Å². The average Bonchev–Trinajstić information content (AvgIpc) is 2.04. The zero-order chi connectivity index (χ0) is 8.55. The van der Waals surface area contributed by atoms with Gasteiger partial charge >= 0.3 is 51.4 Å². The average molecular weight is 218 g/mol. The summed E-state index contributed by atoms with van der Waals surface area (Å²) in [6.45, 7) is 0. The van der Waals surface area contributed by atoms with Crippen LogP contribution in [0.4, 0.5) is 0 Å². The third-order valence-electron chi connectivity index (χ3n) is 1.96. The van der Waals surface area contributed by atoms with Gasteiger partial charge in [-0.25, -0.2) is 0 Å². The summed E-state index contributed by atoms with van der Waals surface area (Å²) in [5.74, 6) is 0.145. The third kappa shape index (κ3) is 2.54. The molecule has 13 heavy (non-hydrogen) atoms. The fourth-order valence-corrected chi connectivity index (χ4v) is 1.54. The van der Waals surface area contributed by atoms with Gasteiger partial charge in [0, 0.05) is 17.8 Å². The van der Waals surface area contributed by atoms with E-state index in [2.05, 4.69) is 9.97 Å². The summed E-state index contributed by atoms with van der Waals surface area (Å²) in [5, 5.41) is 0.337. The number of aryl methyl sites for hydroxylation is 1. The molecule has 5 heteroatoms. The predicted octanol–water partition coefficient (Wildman–Crippen LogP) is -2.09. The second-order valence-electron chi connectivity index (χ2n) is 2.79. The maximum absolute atomic E-state index is 11.3. The third-order valence-corrected chi connectivity index (χ3v) is 2.16. The van der Waals surface area contributed by atoms with Gasteiger partial charge in [0.05, 0.1) is 11.3 Å². The Hall–Kier alpha value is 0.606. The molecule has 0 unspecified atom stereocenters. The van der Waals surface area contributed by atoms with Crippen LogP contribution in [0.2, 0.25) is 0 Å². The minimum absolute atomic E-state index is 0. The van der Waals surface area contributed by atoms with Crippen LogP contribution < -0.4 is 51.4 Å². The molecule has 1 aromatic rings. The molecule has 0 amide bonds. The smallest absolute Gasteiger partial charge is 0.740 e. The van der Waals surface area contributed by atoms with Crippen LogP contribution in [0.25, 0.3) is 0 Å². The monoisotopic (exact) mass is 218 g/mol. The molecule has 1 aromatic heterocycles. The van der Waals surface area contributed by atoms with Crippen molar-refractivity contribution in [3.63, 3.8) is 0 Å². The molecule has 0 aliphatic heterocycles. The van der Waals surface area contributed by atoms with Gasteiger partial charge in [0.1, 0.15) is 0 Å². The van der Waals surface area contributed by atoms with Gasteiger partial charge in [-0.2, -0.15) is 0 Å². The van der Waals surface area contributed by atoms with Crippen LogP contribution >= 0.6 is 0 Å². The van der Waals surface area contributed by atoms with Crippen molar-refractivity contribution in [3.8, 4) is 0 Å². The largest absolute Gasteiger partial charge is 1.00 e. The molecule has 0 atom stereocenters. The Bertz CT molecular complexity index is 343. The van der Waals surface area contributed by atoms with Crippen LogP contribution in [0, 0.1) is 0 Å². The molecule has 0 spiro atoms.